The third-order valence-electron chi connectivity index (χ3n) is 4.46. The maximum atomic E-state index is 13.3. The molecule has 0 bridgehead atoms. The molecule has 1 aromatic carbocycles. The zero-order chi connectivity index (χ0) is 21.2. The summed E-state index contributed by atoms with van der Waals surface area (Å²) in [7, 11) is 0. The van der Waals surface area contributed by atoms with Gasteiger partial charge in [0.1, 0.15) is 17.7 Å². The van der Waals surface area contributed by atoms with Crippen molar-refractivity contribution in [3.63, 3.8) is 0 Å². The first-order valence-corrected chi connectivity index (χ1v) is 10.3. The van der Waals surface area contributed by atoms with Crippen LogP contribution in [0.2, 0.25) is 0 Å². The number of nitrogens with one attached hydrogen (secondary N) is 2. The number of carbonyl (C=O) groups is 1. The van der Waals surface area contributed by atoms with Crippen LogP contribution in [-0.4, -0.2) is 79.6 Å². The Bertz CT molecular complexity index is 681. The third kappa shape index (κ3) is 9.46. The molecule has 1 unspecified atom stereocenters. The van der Waals surface area contributed by atoms with Crippen molar-refractivity contribution in [2.24, 2.45) is 4.99 Å². The first kappa shape index (κ1) is 26.4. The first-order valence-electron chi connectivity index (χ1n) is 10.3. The fourth-order valence-electron chi connectivity index (χ4n) is 3.14. The van der Waals surface area contributed by atoms with Crippen LogP contribution in [0.3, 0.4) is 0 Å². The first-order chi connectivity index (χ1) is 13.9. The average molecular weight is 535 g/mol. The number of benzene rings is 1. The Hall–Kier alpha value is -1.62. The van der Waals surface area contributed by atoms with Gasteiger partial charge < -0.3 is 20.3 Å². The second-order valence-corrected chi connectivity index (χ2v) is 7.57. The minimum atomic E-state index is -0.313. The van der Waals surface area contributed by atoms with Crippen molar-refractivity contribution in [1.82, 2.24) is 20.4 Å². The van der Waals surface area contributed by atoms with Gasteiger partial charge in [-0.25, -0.2) is 9.38 Å². The van der Waals surface area contributed by atoms with E-state index >= 15 is 0 Å². The second kappa shape index (κ2) is 13.6. The molecule has 1 saturated heterocycles. The van der Waals surface area contributed by atoms with E-state index in [2.05, 4.69) is 20.4 Å². The van der Waals surface area contributed by atoms with Gasteiger partial charge in [-0.3, -0.25) is 9.69 Å². The van der Waals surface area contributed by atoms with Gasteiger partial charge in [0, 0.05) is 44.8 Å². The molecule has 1 fully saturated rings. The van der Waals surface area contributed by atoms with Gasteiger partial charge in [0.2, 0.25) is 5.91 Å². The van der Waals surface area contributed by atoms with E-state index in [4.69, 9.17) is 9.73 Å². The van der Waals surface area contributed by atoms with Crippen LogP contribution < -0.4 is 15.4 Å². The fourth-order valence-corrected chi connectivity index (χ4v) is 3.14. The number of amides is 1. The number of nitrogens with zero attached hydrogens (tertiary/aromatic N) is 3. The largest absolute Gasteiger partial charge is 0.489 e. The molecular weight excluding hydrogens is 500 g/mol. The molecule has 1 atom stereocenters. The van der Waals surface area contributed by atoms with Crippen molar-refractivity contribution in [3.8, 4) is 5.75 Å². The molecule has 0 saturated carbocycles. The van der Waals surface area contributed by atoms with Gasteiger partial charge in [0.05, 0.1) is 13.1 Å². The molecule has 2 rings (SSSR count). The minimum Gasteiger partial charge on any atom is -0.489 e. The number of rotatable bonds is 8. The minimum absolute atomic E-state index is 0. The molecule has 1 heterocycles. The Morgan fingerprint density at radius 2 is 1.93 bits per heavy atom. The summed E-state index contributed by atoms with van der Waals surface area (Å²) >= 11 is 0. The normalized spacial score (nSPS) is 16.1. The Morgan fingerprint density at radius 1 is 1.23 bits per heavy atom. The third-order valence-corrected chi connectivity index (χ3v) is 4.46. The topological polar surface area (TPSA) is 69.2 Å². The highest BCUT2D eigenvalue weighted by molar-refractivity contribution is 14.0. The molecule has 0 radical (unpaired) electrons. The predicted octanol–water partition coefficient (Wildman–Crippen LogP) is 2.32. The van der Waals surface area contributed by atoms with Crippen LogP contribution in [0.5, 0.6) is 5.75 Å². The summed E-state index contributed by atoms with van der Waals surface area (Å²) < 4.78 is 19.1. The number of hydrogen-bond acceptors (Lipinski definition) is 4. The van der Waals surface area contributed by atoms with Crippen molar-refractivity contribution in [3.05, 3.63) is 30.1 Å². The zero-order valence-electron chi connectivity index (χ0n) is 18.4. The molecule has 1 aliphatic rings. The van der Waals surface area contributed by atoms with E-state index in [-0.39, 0.29) is 47.8 Å². The van der Waals surface area contributed by atoms with Crippen LogP contribution in [0.15, 0.2) is 29.3 Å². The molecule has 0 aromatic heterocycles. The molecule has 0 spiro atoms. The van der Waals surface area contributed by atoms with Gasteiger partial charge in [0.25, 0.3) is 0 Å². The predicted molar refractivity (Wildman–Crippen MR) is 129 cm³/mol. The molecular formula is C21H35FIN5O2. The van der Waals surface area contributed by atoms with Crippen molar-refractivity contribution < 1.29 is 13.9 Å². The van der Waals surface area contributed by atoms with Gasteiger partial charge in [-0.2, -0.15) is 0 Å². The average Bonchev–Trinajstić information content (AvgIpc) is 2.65. The zero-order valence-corrected chi connectivity index (χ0v) is 20.7. The lowest BCUT2D eigenvalue weighted by Gasteiger charge is -2.36. The molecule has 170 valence electrons. The summed E-state index contributed by atoms with van der Waals surface area (Å²) in [4.78, 5) is 21.0. The Morgan fingerprint density at radius 3 is 2.53 bits per heavy atom. The smallest absolute Gasteiger partial charge is 0.234 e. The Kier molecular flexibility index (Phi) is 12.0. The van der Waals surface area contributed by atoms with E-state index in [1.54, 1.807) is 12.1 Å². The SMILES string of the molecule is CCNC(=NCC(C)Oc1cccc(F)c1)N1CCN(CC(=O)NC(C)C)CC1.I. The van der Waals surface area contributed by atoms with Crippen LogP contribution >= 0.6 is 24.0 Å². The van der Waals surface area contributed by atoms with Crippen LogP contribution in [-0.2, 0) is 4.79 Å². The molecule has 2 N–H and O–H groups in total. The van der Waals surface area contributed by atoms with Gasteiger partial charge in [-0.05, 0) is 39.8 Å². The van der Waals surface area contributed by atoms with E-state index in [9.17, 15) is 9.18 Å². The number of carbonyl (C=O) groups excluding carboxylic acids is 1. The van der Waals surface area contributed by atoms with Crippen molar-refractivity contribution in [1.29, 1.82) is 0 Å². The van der Waals surface area contributed by atoms with Crippen molar-refractivity contribution in [2.75, 3.05) is 45.8 Å². The summed E-state index contributed by atoms with van der Waals surface area (Å²) in [6.07, 6.45) is -0.175. The van der Waals surface area contributed by atoms with Crippen LogP contribution in [0.4, 0.5) is 4.39 Å². The number of guanidine groups is 1. The quantitative estimate of drug-likeness (QED) is 0.304. The number of halogens is 2. The number of aliphatic imine (C=N–C) groups is 1. The lowest BCUT2D eigenvalue weighted by Crippen LogP contribution is -2.54. The Labute approximate surface area is 196 Å². The van der Waals surface area contributed by atoms with E-state index in [0.29, 0.717) is 18.8 Å². The Balaban J connectivity index is 0.00000450. The highest BCUT2D eigenvalue weighted by Crippen LogP contribution is 2.14. The molecule has 1 aliphatic heterocycles. The molecule has 9 heteroatoms. The maximum absolute atomic E-state index is 13.3. The summed E-state index contributed by atoms with van der Waals surface area (Å²) in [5.74, 6) is 1.10. The molecule has 0 aliphatic carbocycles. The number of piperazine rings is 1. The van der Waals surface area contributed by atoms with Crippen LogP contribution in [0, 0.1) is 5.82 Å². The van der Waals surface area contributed by atoms with E-state index in [1.807, 2.05) is 27.7 Å². The lowest BCUT2D eigenvalue weighted by molar-refractivity contribution is -0.123. The van der Waals surface area contributed by atoms with Crippen molar-refractivity contribution >= 4 is 35.8 Å². The maximum Gasteiger partial charge on any atom is 0.234 e. The van der Waals surface area contributed by atoms with E-state index < -0.39 is 0 Å². The summed E-state index contributed by atoms with van der Waals surface area (Å²) in [6.45, 7) is 12.8. The van der Waals surface area contributed by atoms with Gasteiger partial charge in [0.15, 0.2) is 5.96 Å². The van der Waals surface area contributed by atoms with Crippen LogP contribution in [0.25, 0.3) is 0 Å². The summed E-state index contributed by atoms with van der Waals surface area (Å²) in [5.41, 5.74) is 0. The molecule has 30 heavy (non-hydrogen) atoms. The van der Waals surface area contributed by atoms with Crippen LogP contribution in [0.1, 0.15) is 27.7 Å². The molecule has 1 aromatic rings. The van der Waals surface area contributed by atoms with Gasteiger partial charge in [-0.15, -0.1) is 24.0 Å². The summed E-state index contributed by atoms with van der Waals surface area (Å²) in [6, 6.07) is 6.30. The number of hydrogen-bond donors (Lipinski definition) is 2. The van der Waals surface area contributed by atoms with Gasteiger partial charge in [-0.1, -0.05) is 6.07 Å². The molecule has 1 amide bonds. The van der Waals surface area contributed by atoms with Crippen molar-refractivity contribution in [2.45, 2.75) is 39.8 Å². The van der Waals surface area contributed by atoms with Gasteiger partial charge >= 0.3 is 0 Å². The second-order valence-electron chi connectivity index (χ2n) is 7.57. The fraction of sp³-hybridized carbons (Fsp3) is 0.619. The lowest BCUT2D eigenvalue weighted by atomic mass is 10.3. The summed E-state index contributed by atoms with van der Waals surface area (Å²) in [5, 5.41) is 6.26. The highest BCUT2D eigenvalue weighted by atomic mass is 127. The highest BCUT2D eigenvalue weighted by Gasteiger charge is 2.21. The number of ether oxygens (including phenoxy) is 1. The monoisotopic (exact) mass is 535 g/mol. The van der Waals surface area contributed by atoms with E-state index in [1.165, 1.54) is 12.1 Å². The van der Waals surface area contributed by atoms with E-state index in [0.717, 1.165) is 38.7 Å². The molecule has 7 nitrogen and oxygen atoms in total. The standard InChI is InChI=1S/C21H34FN5O2.HI/c1-5-23-21(24-14-17(4)29-19-8-6-7-18(22)13-19)27-11-9-26(10-12-27)15-20(28)25-16(2)3;/h6-8,13,16-17H,5,9-12,14-15H2,1-4H3,(H,23,24)(H,25,28);1H.